The predicted octanol–water partition coefficient (Wildman–Crippen LogP) is 3.04. The highest BCUT2D eigenvalue weighted by molar-refractivity contribution is 5.92. The smallest absolute Gasteiger partial charge is 0.339 e. The largest absolute Gasteiger partial charge is 0.493 e. The van der Waals surface area contributed by atoms with Crippen molar-refractivity contribution in [3.8, 4) is 17.2 Å². The number of hydrogen-bond acceptors (Lipinski definition) is 8. The molecule has 0 spiro atoms. The van der Waals surface area contributed by atoms with Gasteiger partial charge in [0.1, 0.15) is 5.82 Å². The van der Waals surface area contributed by atoms with Crippen LogP contribution in [0.2, 0.25) is 0 Å². The fourth-order valence-electron chi connectivity index (χ4n) is 3.75. The maximum absolute atomic E-state index is 12.8. The van der Waals surface area contributed by atoms with E-state index in [1.54, 1.807) is 58.6 Å². The second-order valence-corrected chi connectivity index (χ2v) is 7.58. The number of esters is 1. The fourth-order valence-corrected chi connectivity index (χ4v) is 3.75. The van der Waals surface area contributed by atoms with Gasteiger partial charge in [-0.25, -0.2) is 9.78 Å². The van der Waals surface area contributed by atoms with E-state index in [0.29, 0.717) is 49.1 Å². The Bertz CT molecular complexity index is 997. The average molecular weight is 470 g/mol. The molecule has 1 saturated heterocycles. The Labute approximate surface area is 199 Å². The molecule has 1 aliphatic rings. The molecule has 182 valence electrons. The number of anilines is 1. The van der Waals surface area contributed by atoms with Crippen molar-refractivity contribution in [1.29, 1.82) is 0 Å². The van der Waals surface area contributed by atoms with Crippen LogP contribution < -0.4 is 19.1 Å². The SMILES string of the molecule is CCOC(=O)c1ccc(N2CCCN(C(=O)/C=C/c3cc(OC)c(OC)c(OC)c3)CC2)nc1. The quantitative estimate of drug-likeness (QED) is 0.431. The molecule has 0 saturated carbocycles. The van der Waals surface area contributed by atoms with Crippen molar-refractivity contribution < 1.29 is 28.5 Å². The summed E-state index contributed by atoms with van der Waals surface area (Å²) in [6.07, 6.45) is 5.64. The van der Waals surface area contributed by atoms with Crippen LogP contribution in [0.5, 0.6) is 17.2 Å². The molecule has 0 radical (unpaired) electrons. The molecule has 0 N–H and O–H groups in total. The molecule has 1 aromatic heterocycles. The van der Waals surface area contributed by atoms with Crippen molar-refractivity contribution in [2.24, 2.45) is 0 Å². The molecule has 1 aromatic carbocycles. The first-order valence-corrected chi connectivity index (χ1v) is 11.2. The average Bonchev–Trinajstić information content (AvgIpc) is 3.13. The van der Waals surface area contributed by atoms with Crippen LogP contribution >= 0.6 is 0 Å². The van der Waals surface area contributed by atoms with Crippen LogP contribution in [0.1, 0.15) is 29.3 Å². The van der Waals surface area contributed by atoms with Crippen LogP contribution in [-0.4, -0.2) is 75.9 Å². The topological polar surface area (TPSA) is 90.4 Å². The van der Waals surface area contributed by atoms with Crippen LogP contribution in [0.4, 0.5) is 5.82 Å². The van der Waals surface area contributed by atoms with Crippen LogP contribution in [0.3, 0.4) is 0 Å². The zero-order valence-electron chi connectivity index (χ0n) is 20.1. The lowest BCUT2D eigenvalue weighted by Crippen LogP contribution is -2.34. The lowest BCUT2D eigenvalue weighted by molar-refractivity contribution is -0.125. The molecule has 1 aliphatic heterocycles. The van der Waals surface area contributed by atoms with E-state index >= 15 is 0 Å². The van der Waals surface area contributed by atoms with E-state index in [0.717, 1.165) is 24.3 Å². The molecular formula is C25H31N3O6. The number of rotatable bonds is 8. The van der Waals surface area contributed by atoms with Gasteiger partial charge in [-0.05, 0) is 49.2 Å². The number of benzene rings is 1. The van der Waals surface area contributed by atoms with Crippen molar-refractivity contribution in [2.45, 2.75) is 13.3 Å². The number of aromatic nitrogens is 1. The number of ether oxygens (including phenoxy) is 4. The minimum Gasteiger partial charge on any atom is -0.493 e. The maximum Gasteiger partial charge on any atom is 0.339 e. The van der Waals surface area contributed by atoms with E-state index in [2.05, 4.69) is 9.88 Å². The van der Waals surface area contributed by atoms with Crippen LogP contribution in [0.25, 0.3) is 6.08 Å². The molecule has 1 amide bonds. The molecule has 9 nitrogen and oxygen atoms in total. The molecule has 2 aromatic rings. The minimum atomic E-state index is -0.381. The second kappa shape index (κ2) is 11.9. The molecule has 0 unspecified atom stereocenters. The van der Waals surface area contributed by atoms with E-state index in [9.17, 15) is 9.59 Å². The number of pyridine rings is 1. The molecular weight excluding hydrogens is 438 g/mol. The number of amides is 1. The highest BCUT2D eigenvalue weighted by atomic mass is 16.5. The van der Waals surface area contributed by atoms with Crippen LogP contribution in [-0.2, 0) is 9.53 Å². The van der Waals surface area contributed by atoms with Gasteiger partial charge in [0.05, 0.1) is 33.5 Å². The van der Waals surface area contributed by atoms with Gasteiger partial charge in [0, 0.05) is 38.5 Å². The normalized spacial score (nSPS) is 14.0. The summed E-state index contributed by atoms with van der Waals surface area (Å²) in [5, 5.41) is 0. The molecule has 34 heavy (non-hydrogen) atoms. The highest BCUT2D eigenvalue weighted by Crippen LogP contribution is 2.38. The number of carbonyl (C=O) groups excluding carboxylic acids is 2. The third-order valence-electron chi connectivity index (χ3n) is 5.50. The summed E-state index contributed by atoms with van der Waals surface area (Å²) in [5.74, 6) is 1.89. The fraction of sp³-hybridized carbons (Fsp3) is 0.400. The monoisotopic (exact) mass is 469 g/mol. The summed E-state index contributed by atoms with van der Waals surface area (Å²) >= 11 is 0. The minimum absolute atomic E-state index is 0.0683. The third-order valence-corrected chi connectivity index (χ3v) is 5.50. The Morgan fingerprint density at radius 3 is 2.32 bits per heavy atom. The molecule has 9 heteroatoms. The summed E-state index contributed by atoms with van der Waals surface area (Å²) in [6, 6.07) is 7.12. The number of carbonyl (C=O) groups is 2. The van der Waals surface area contributed by atoms with Gasteiger partial charge in [0.2, 0.25) is 11.7 Å². The van der Waals surface area contributed by atoms with Gasteiger partial charge in [-0.15, -0.1) is 0 Å². The lowest BCUT2D eigenvalue weighted by Gasteiger charge is -2.22. The number of hydrogen-bond donors (Lipinski definition) is 0. The van der Waals surface area contributed by atoms with E-state index in [4.69, 9.17) is 18.9 Å². The summed E-state index contributed by atoms with van der Waals surface area (Å²) < 4.78 is 21.1. The summed E-state index contributed by atoms with van der Waals surface area (Å²) in [7, 11) is 4.66. The van der Waals surface area contributed by atoms with Crippen molar-refractivity contribution in [3.05, 3.63) is 47.7 Å². The van der Waals surface area contributed by atoms with Gasteiger partial charge in [-0.2, -0.15) is 0 Å². The molecule has 0 atom stereocenters. The zero-order chi connectivity index (χ0) is 24.5. The first kappa shape index (κ1) is 24.9. The Morgan fingerprint density at radius 1 is 1.00 bits per heavy atom. The predicted molar refractivity (Wildman–Crippen MR) is 129 cm³/mol. The summed E-state index contributed by atoms with van der Waals surface area (Å²) in [6.45, 7) is 4.73. The van der Waals surface area contributed by atoms with E-state index in [-0.39, 0.29) is 11.9 Å². The Kier molecular flexibility index (Phi) is 8.73. The number of methoxy groups -OCH3 is 3. The standard InChI is InChI=1S/C25H31N3O6/c1-5-34-25(30)19-8-9-22(26-17-19)27-11-6-12-28(14-13-27)23(29)10-7-18-15-20(31-2)24(33-4)21(16-18)32-3/h7-10,15-17H,5-6,11-14H2,1-4H3/b10-7+. The Morgan fingerprint density at radius 2 is 1.74 bits per heavy atom. The van der Waals surface area contributed by atoms with Gasteiger partial charge < -0.3 is 28.7 Å². The van der Waals surface area contributed by atoms with Crippen molar-refractivity contribution >= 4 is 23.8 Å². The zero-order valence-corrected chi connectivity index (χ0v) is 20.1. The lowest BCUT2D eigenvalue weighted by atomic mass is 10.1. The van der Waals surface area contributed by atoms with Crippen molar-refractivity contribution in [2.75, 3.05) is 59.0 Å². The molecule has 2 heterocycles. The van der Waals surface area contributed by atoms with Gasteiger partial charge in [-0.3, -0.25) is 4.79 Å². The molecule has 0 bridgehead atoms. The molecule has 1 fully saturated rings. The third kappa shape index (κ3) is 5.98. The van der Waals surface area contributed by atoms with Crippen LogP contribution in [0, 0.1) is 0 Å². The van der Waals surface area contributed by atoms with Crippen molar-refractivity contribution in [3.63, 3.8) is 0 Å². The molecule has 0 aliphatic carbocycles. The summed E-state index contributed by atoms with van der Waals surface area (Å²) in [4.78, 5) is 33.0. The highest BCUT2D eigenvalue weighted by Gasteiger charge is 2.19. The number of nitrogens with zero attached hydrogens (tertiary/aromatic N) is 3. The molecule has 3 rings (SSSR count). The van der Waals surface area contributed by atoms with E-state index < -0.39 is 0 Å². The Hall–Kier alpha value is -3.75. The van der Waals surface area contributed by atoms with Gasteiger partial charge >= 0.3 is 5.97 Å². The first-order valence-electron chi connectivity index (χ1n) is 11.2. The first-order chi connectivity index (χ1) is 16.5. The second-order valence-electron chi connectivity index (χ2n) is 7.58. The van der Waals surface area contributed by atoms with Crippen LogP contribution in [0.15, 0.2) is 36.5 Å². The van der Waals surface area contributed by atoms with E-state index in [1.165, 1.54) is 6.20 Å². The van der Waals surface area contributed by atoms with Gasteiger partial charge in [-0.1, -0.05) is 0 Å². The Balaban J connectivity index is 1.63. The van der Waals surface area contributed by atoms with Gasteiger partial charge in [0.25, 0.3) is 0 Å². The van der Waals surface area contributed by atoms with Crippen molar-refractivity contribution in [1.82, 2.24) is 9.88 Å². The maximum atomic E-state index is 12.8. The summed E-state index contributed by atoms with van der Waals surface area (Å²) in [5.41, 5.74) is 1.19. The van der Waals surface area contributed by atoms with Gasteiger partial charge in [0.15, 0.2) is 11.5 Å². The van der Waals surface area contributed by atoms with E-state index in [1.807, 2.05) is 11.0 Å².